The van der Waals surface area contributed by atoms with Crippen molar-refractivity contribution >= 4 is 0 Å². The molecule has 0 bridgehead atoms. The van der Waals surface area contributed by atoms with Crippen LogP contribution in [0, 0.1) is 5.92 Å². The minimum absolute atomic E-state index is 0.354. The number of hydrogen-bond donors (Lipinski definition) is 1. The molecule has 2 nitrogen and oxygen atoms in total. The van der Waals surface area contributed by atoms with E-state index in [1.54, 1.807) is 0 Å². The normalized spacial score (nSPS) is 37.7. The highest BCUT2D eigenvalue weighted by Gasteiger charge is 2.51. The first kappa shape index (κ1) is 12.2. The van der Waals surface area contributed by atoms with Crippen molar-refractivity contribution in [3.8, 4) is 0 Å². The van der Waals surface area contributed by atoms with Gasteiger partial charge < -0.3 is 5.11 Å². The van der Waals surface area contributed by atoms with Crippen molar-refractivity contribution in [1.29, 1.82) is 0 Å². The van der Waals surface area contributed by atoms with Crippen LogP contribution in [0.3, 0.4) is 0 Å². The molecule has 3 rings (SSSR count). The first-order valence-corrected chi connectivity index (χ1v) is 7.12. The van der Waals surface area contributed by atoms with Crippen LogP contribution in [0.4, 0.5) is 0 Å². The standard InChI is InChI=1S/C16H23NO/c1-12(13-6-4-3-5-7-13)17-11-9-14-8-10-16(2,18)15(14)17/h3-7,12,14-15,18H,8-11H2,1-2H3/t12-,14+,15-,16+/m1/s1. The number of likely N-dealkylation sites (tertiary alicyclic amines) is 1. The van der Waals surface area contributed by atoms with Crippen LogP contribution in [0.25, 0.3) is 0 Å². The Morgan fingerprint density at radius 1 is 1.28 bits per heavy atom. The minimum atomic E-state index is -0.496. The van der Waals surface area contributed by atoms with Crippen LogP contribution in [0.1, 0.15) is 44.7 Å². The highest BCUT2D eigenvalue weighted by molar-refractivity contribution is 5.20. The topological polar surface area (TPSA) is 23.5 Å². The molecule has 0 radical (unpaired) electrons. The van der Waals surface area contributed by atoms with Gasteiger partial charge in [0.25, 0.3) is 0 Å². The highest BCUT2D eigenvalue weighted by Crippen LogP contribution is 2.46. The van der Waals surface area contributed by atoms with E-state index in [1.807, 2.05) is 6.92 Å². The summed E-state index contributed by atoms with van der Waals surface area (Å²) in [6.07, 6.45) is 3.40. The Bertz CT molecular complexity index is 414. The van der Waals surface area contributed by atoms with E-state index in [-0.39, 0.29) is 0 Å². The molecule has 1 aliphatic heterocycles. The van der Waals surface area contributed by atoms with Crippen molar-refractivity contribution in [1.82, 2.24) is 4.90 Å². The second-order valence-electron chi connectivity index (χ2n) is 6.21. The molecular weight excluding hydrogens is 222 g/mol. The molecule has 1 aliphatic carbocycles. The first-order chi connectivity index (χ1) is 8.59. The summed E-state index contributed by atoms with van der Waals surface area (Å²) in [6.45, 7) is 5.42. The molecule has 2 heteroatoms. The van der Waals surface area contributed by atoms with Gasteiger partial charge in [-0.15, -0.1) is 0 Å². The van der Waals surface area contributed by atoms with Gasteiger partial charge in [-0.05, 0) is 51.1 Å². The zero-order valence-corrected chi connectivity index (χ0v) is 11.3. The van der Waals surface area contributed by atoms with Gasteiger partial charge in [-0.3, -0.25) is 4.90 Å². The van der Waals surface area contributed by atoms with E-state index in [2.05, 4.69) is 42.2 Å². The molecule has 2 aliphatic rings. The van der Waals surface area contributed by atoms with Crippen molar-refractivity contribution in [3.05, 3.63) is 35.9 Å². The van der Waals surface area contributed by atoms with Crippen LogP contribution in [-0.2, 0) is 0 Å². The maximum absolute atomic E-state index is 10.6. The molecule has 1 saturated heterocycles. The van der Waals surface area contributed by atoms with Crippen LogP contribution in [0.5, 0.6) is 0 Å². The summed E-state index contributed by atoms with van der Waals surface area (Å²) in [5, 5.41) is 10.6. The molecule has 0 unspecified atom stereocenters. The highest BCUT2D eigenvalue weighted by atomic mass is 16.3. The van der Waals surface area contributed by atoms with Crippen molar-refractivity contribution < 1.29 is 5.11 Å². The Morgan fingerprint density at radius 2 is 2.00 bits per heavy atom. The molecule has 1 N–H and O–H groups in total. The van der Waals surface area contributed by atoms with Gasteiger partial charge in [-0.1, -0.05) is 30.3 Å². The van der Waals surface area contributed by atoms with Gasteiger partial charge in [0.1, 0.15) is 0 Å². The van der Waals surface area contributed by atoms with E-state index < -0.39 is 5.60 Å². The fourth-order valence-electron chi connectivity index (χ4n) is 4.03. The lowest BCUT2D eigenvalue weighted by atomic mass is 9.94. The van der Waals surface area contributed by atoms with Crippen LogP contribution in [-0.4, -0.2) is 28.2 Å². The Hall–Kier alpha value is -0.860. The van der Waals surface area contributed by atoms with E-state index in [1.165, 1.54) is 18.4 Å². The molecule has 0 amide bonds. The summed E-state index contributed by atoms with van der Waals surface area (Å²) in [5.74, 6) is 0.700. The zero-order chi connectivity index (χ0) is 12.8. The monoisotopic (exact) mass is 245 g/mol. The second-order valence-corrected chi connectivity index (χ2v) is 6.21. The fraction of sp³-hybridized carbons (Fsp3) is 0.625. The van der Waals surface area contributed by atoms with E-state index in [0.717, 1.165) is 13.0 Å². The predicted octanol–water partition coefficient (Wildman–Crippen LogP) is 2.98. The average Bonchev–Trinajstić information content (AvgIpc) is 2.92. The molecule has 4 atom stereocenters. The Labute approximate surface area is 110 Å². The van der Waals surface area contributed by atoms with Gasteiger partial charge in [0, 0.05) is 12.1 Å². The molecular formula is C16H23NO. The summed E-state index contributed by atoms with van der Waals surface area (Å²) >= 11 is 0. The van der Waals surface area contributed by atoms with Crippen LogP contribution in [0.15, 0.2) is 30.3 Å². The summed E-state index contributed by atoms with van der Waals surface area (Å²) in [4.78, 5) is 2.52. The quantitative estimate of drug-likeness (QED) is 0.866. The Kier molecular flexibility index (Phi) is 2.95. The second kappa shape index (κ2) is 4.36. The molecule has 18 heavy (non-hydrogen) atoms. The number of fused-ring (bicyclic) bond motifs is 1. The third-order valence-electron chi connectivity index (χ3n) is 5.00. The maximum Gasteiger partial charge on any atom is 0.0777 e. The molecule has 1 saturated carbocycles. The number of benzene rings is 1. The molecule has 1 aromatic rings. The van der Waals surface area contributed by atoms with Crippen molar-refractivity contribution in [2.75, 3.05) is 6.54 Å². The van der Waals surface area contributed by atoms with Gasteiger partial charge in [0.15, 0.2) is 0 Å². The SMILES string of the molecule is C[C@H](c1ccccc1)N1CC[C@@H]2CC[C@](C)(O)[C@@H]21. The smallest absolute Gasteiger partial charge is 0.0777 e. The molecule has 1 heterocycles. The lowest BCUT2D eigenvalue weighted by Crippen LogP contribution is -2.47. The van der Waals surface area contributed by atoms with E-state index in [4.69, 9.17) is 0 Å². The van der Waals surface area contributed by atoms with Gasteiger partial charge >= 0.3 is 0 Å². The Morgan fingerprint density at radius 3 is 2.72 bits per heavy atom. The summed E-state index contributed by atoms with van der Waals surface area (Å²) in [6, 6.07) is 11.4. The average molecular weight is 245 g/mol. The summed E-state index contributed by atoms with van der Waals surface area (Å²) in [7, 11) is 0. The van der Waals surface area contributed by atoms with E-state index in [9.17, 15) is 5.11 Å². The largest absolute Gasteiger partial charge is 0.389 e. The lowest BCUT2D eigenvalue weighted by molar-refractivity contribution is -0.0176. The molecule has 0 spiro atoms. The Balaban J connectivity index is 1.85. The summed E-state index contributed by atoms with van der Waals surface area (Å²) < 4.78 is 0. The number of aliphatic hydroxyl groups is 1. The summed E-state index contributed by atoms with van der Waals surface area (Å²) in [5.41, 5.74) is 0.866. The van der Waals surface area contributed by atoms with Gasteiger partial charge in [0.2, 0.25) is 0 Å². The van der Waals surface area contributed by atoms with Crippen LogP contribution < -0.4 is 0 Å². The van der Waals surface area contributed by atoms with Crippen molar-refractivity contribution in [3.63, 3.8) is 0 Å². The number of hydrogen-bond acceptors (Lipinski definition) is 2. The molecule has 1 aromatic carbocycles. The van der Waals surface area contributed by atoms with Gasteiger partial charge in [0.05, 0.1) is 5.60 Å². The number of nitrogens with zero attached hydrogens (tertiary/aromatic N) is 1. The minimum Gasteiger partial charge on any atom is -0.389 e. The van der Waals surface area contributed by atoms with Crippen LogP contribution >= 0.6 is 0 Å². The third-order valence-corrected chi connectivity index (χ3v) is 5.00. The van der Waals surface area contributed by atoms with Crippen molar-refractivity contribution in [2.45, 2.75) is 50.8 Å². The zero-order valence-electron chi connectivity index (χ0n) is 11.3. The van der Waals surface area contributed by atoms with Crippen LogP contribution in [0.2, 0.25) is 0 Å². The first-order valence-electron chi connectivity index (χ1n) is 7.12. The molecule has 0 aromatic heterocycles. The maximum atomic E-state index is 10.6. The van der Waals surface area contributed by atoms with Gasteiger partial charge in [-0.25, -0.2) is 0 Å². The molecule has 98 valence electrons. The predicted molar refractivity (Wildman–Crippen MR) is 73.3 cm³/mol. The van der Waals surface area contributed by atoms with E-state index >= 15 is 0 Å². The molecule has 2 fully saturated rings. The lowest BCUT2D eigenvalue weighted by Gasteiger charge is -2.37. The van der Waals surface area contributed by atoms with Gasteiger partial charge in [-0.2, -0.15) is 0 Å². The van der Waals surface area contributed by atoms with E-state index in [0.29, 0.717) is 18.0 Å². The fourth-order valence-corrected chi connectivity index (χ4v) is 4.03. The third kappa shape index (κ3) is 1.88. The number of rotatable bonds is 2. The van der Waals surface area contributed by atoms with Crippen molar-refractivity contribution in [2.24, 2.45) is 5.92 Å².